The Morgan fingerprint density at radius 1 is 1.26 bits per heavy atom. The van der Waals surface area contributed by atoms with Gasteiger partial charge in [0.15, 0.2) is 0 Å². The molecule has 2 aliphatic rings. The second-order valence-corrected chi connectivity index (χ2v) is 6.73. The number of hydrogen-bond donors (Lipinski definition) is 1. The molecule has 0 aromatic carbocycles. The molecule has 6 heteroatoms. The molecule has 0 bridgehead atoms. The summed E-state index contributed by atoms with van der Waals surface area (Å²) in [5.74, 6) is -0.414. The molecule has 2 unspecified atom stereocenters. The molecule has 108 valence electrons. The molecule has 2 rings (SSSR count). The third-order valence-electron chi connectivity index (χ3n) is 4.15. The summed E-state index contributed by atoms with van der Waals surface area (Å²) >= 11 is 1.53. The molecule has 0 aromatic heterocycles. The largest absolute Gasteiger partial charge is 0.480 e. The predicted molar refractivity (Wildman–Crippen MR) is 75.2 cm³/mol. The van der Waals surface area contributed by atoms with Gasteiger partial charge < -0.3 is 10.0 Å². The Labute approximate surface area is 118 Å². The third kappa shape index (κ3) is 2.99. The summed E-state index contributed by atoms with van der Waals surface area (Å²) < 4.78 is 0. The molecule has 0 aromatic rings. The number of aliphatic carboxylic acids is 1. The van der Waals surface area contributed by atoms with Crippen LogP contribution in [0.2, 0.25) is 0 Å². The van der Waals surface area contributed by atoms with Gasteiger partial charge in [0.05, 0.1) is 5.37 Å². The second kappa shape index (κ2) is 6.03. The average Bonchev–Trinajstić information content (AvgIpc) is 2.80. The lowest BCUT2D eigenvalue weighted by Gasteiger charge is -2.36. The van der Waals surface area contributed by atoms with Crippen LogP contribution >= 0.6 is 11.8 Å². The standard InChI is InChI=1S/C13H22N2O3S/c1-9-15(11(8-19-9)12(16)17)13(18)14(2)10-6-4-3-5-7-10/h9-11H,3-8H2,1-2H3,(H,16,17). The Morgan fingerprint density at radius 3 is 2.47 bits per heavy atom. The van der Waals surface area contributed by atoms with Gasteiger partial charge in [-0.05, 0) is 19.8 Å². The normalized spacial score (nSPS) is 28.4. The Hall–Kier alpha value is -0.910. The summed E-state index contributed by atoms with van der Waals surface area (Å²) in [6, 6.07) is -0.538. The highest BCUT2D eigenvalue weighted by atomic mass is 32.2. The quantitative estimate of drug-likeness (QED) is 0.845. The zero-order valence-corrected chi connectivity index (χ0v) is 12.4. The molecule has 1 aliphatic heterocycles. The van der Waals surface area contributed by atoms with Gasteiger partial charge >= 0.3 is 12.0 Å². The van der Waals surface area contributed by atoms with Crippen molar-refractivity contribution < 1.29 is 14.7 Å². The van der Waals surface area contributed by atoms with Crippen LogP contribution in [0.1, 0.15) is 39.0 Å². The molecule has 19 heavy (non-hydrogen) atoms. The van der Waals surface area contributed by atoms with Crippen LogP contribution in [0, 0.1) is 0 Å². The monoisotopic (exact) mass is 286 g/mol. The van der Waals surface area contributed by atoms with Crippen LogP contribution in [0.5, 0.6) is 0 Å². The lowest BCUT2D eigenvalue weighted by Crippen LogP contribution is -2.52. The highest BCUT2D eigenvalue weighted by Gasteiger charge is 2.41. The lowest BCUT2D eigenvalue weighted by molar-refractivity contribution is -0.141. The summed E-state index contributed by atoms with van der Waals surface area (Å²) in [7, 11) is 1.81. The molecule has 1 aliphatic carbocycles. The van der Waals surface area contributed by atoms with Crippen LogP contribution in [0.15, 0.2) is 0 Å². The van der Waals surface area contributed by atoms with Gasteiger partial charge in [-0.3, -0.25) is 4.90 Å². The van der Waals surface area contributed by atoms with E-state index in [1.165, 1.54) is 23.1 Å². The number of carboxylic acid groups (broad SMARTS) is 1. The van der Waals surface area contributed by atoms with E-state index in [2.05, 4.69) is 0 Å². The van der Waals surface area contributed by atoms with Crippen molar-refractivity contribution in [1.29, 1.82) is 0 Å². The highest BCUT2D eigenvalue weighted by molar-refractivity contribution is 8.00. The van der Waals surface area contributed by atoms with Crippen molar-refractivity contribution in [2.45, 2.75) is 56.5 Å². The van der Waals surface area contributed by atoms with Crippen molar-refractivity contribution in [2.24, 2.45) is 0 Å². The fourth-order valence-electron chi connectivity index (χ4n) is 2.93. The van der Waals surface area contributed by atoms with E-state index in [9.17, 15) is 14.7 Å². The Bertz CT molecular complexity index is 358. The minimum Gasteiger partial charge on any atom is -0.480 e. The Kier molecular flexibility index (Phi) is 4.60. The first-order valence-corrected chi connectivity index (χ1v) is 7.96. The molecule has 1 heterocycles. The van der Waals surface area contributed by atoms with E-state index < -0.39 is 12.0 Å². The molecule has 2 atom stereocenters. The SMILES string of the molecule is CC1SCC(C(=O)O)N1C(=O)N(C)C1CCCCC1. The minimum absolute atomic E-state index is 0.0559. The van der Waals surface area contributed by atoms with Gasteiger partial charge in [-0.15, -0.1) is 11.8 Å². The number of hydrogen-bond acceptors (Lipinski definition) is 3. The number of rotatable bonds is 2. The van der Waals surface area contributed by atoms with Crippen LogP contribution in [-0.4, -0.2) is 57.2 Å². The number of nitrogens with zero attached hydrogens (tertiary/aromatic N) is 2. The maximum Gasteiger partial charge on any atom is 0.327 e. The smallest absolute Gasteiger partial charge is 0.327 e. The summed E-state index contributed by atoms with van der Waals surface area (Å²) in [6.45, 7) is 1.90. The van der Waals surface area contributed by atoms with E-state index in [1.54, 1.807) is 4.90 Å². The molecular weight excluding hydrogens is 264 g/mol. The molecule has 0 radical (unpaired) electrons. The van der Waals surface area contributed by atoms with Gasteiger partial charge in [0, 0.05) is 18.8 Å². The van der Waals surface area contributed by atoms with E-state index in [4.69, 9.17) is 0 Å². The number of carbonyl (C=O) groups is 2. The van der Waals surface area contributed by atoms with Gasteiger partial charge in [-0.1, -0.05) is 19.3 Å². The first kappa shape index (κ1) is 14.5. The molecule has 5 nitrogen and oxygen atoms in total. The van der Waals surface area contributed by atoms with Crippen LogP contribution in [0.25, 0.3) is 0 Å². The second-order valence-electron chi connectivity index (χ2n) is 5.38. The highest BCUT2D eigenvalue weighted by Crippen LogP contribution is 2.31. The number of thioether (sulfide) groups is 1. The molecule has 1 saturated carbocycles. The summed E-state index contributed by atoms with van der Waals surface area (Å²) in [5, 5.41) is 9.16. The Balaban J connectivity index is 2.06. The molecule has 1 N–H and O–H groups in total. The van der Waals surface area contributed by atoms with Crippen LogP contribution in [-0.2, 0) is 4.79 Å². The zero-order valence-electron chi connectivity index (χ0n) is 11.5. The molecule has 2 fully saturated rings. The van der Waals surface area contributed by atoms with Crippen molar-refractivity contribution in [1.82, 2.24) is 9.80 Å². The fourth-order valence-corrected chi connectivity index (χ4v) is 4.09. The topological polar surface area (TPSA) is 60.9 Å². The van der Waals surface area contributed by atoms with Gasteiger partial charge in [-0.25, -0.2) is 9.59 Å². The lowest BCUT2D eigenvalue weighted by atomic mass is 9.95. The minimum atomic E-state index is -0.901. The van der Waals surface area contributed by atoms with E-state index in [1.807, 2.05) is 14.0 Å². The molecular formula is C13H22N2O3S. The maximum atomic E-state index is 12.5. The van der Waals surface area contributed by atoms with Crippen molar-refractivity contribution in [2.75, 3.05) is 12.8 Å². The van der Waals surface area contributed by atoms with E-state index in [0.29, 0.717) is 5.75 Å². The van der Waals surface area contributed by atoms with Crippen molar-refractivity contribution in [3.63, 3.8) is 0 Å². The summed E-state index contributed by atoms with van der Waals surface area (Å²) in [5.41, 5.74) is 0. The number of carbonyl (C=O) groups excluding carboxylic acids is 1. The van der Waals surface area contributed by atoms with Crippen molar-refractivity contribution in [3.05, 3.63) is 0 Å². The van der Waals surface area contributed by atoms with Crippen LogP contribution in [0.3, 0.4) is 0 Å². The molecule has 2 amide bonds. The van der Waals surface area contributed by atoms with Gasteiger partial charge in [0.1, 0.15) is 6.04 Å². The van der Waals surface area contributed by atoms with Gasteiger partial charge in [0.25, 0.3) is 0 Å². The molecule has 0 spiro atoms. The summed E-state index contributed by atoms with van der Waals surface area (Å²) in [4.78, 5) is 27.1. The Morgan fingerprint density at radius 2 is 1.89 bits per heavy atom. The molecule has 1 saturated heterocycles. The summed E-state index contributed by atoms with van der Waals surface area (Å²) in [6.07, 6.45) is 5.64. The predicted octanol–water partition coefficient (Wildman–Crippen LogP) is 2.22. The number of amides is 2. The van der Waals surface area contributed by atoms with E-state index >= 15 is 0 Å². The van der Waals surface area contributed by atoms with E-state index in [-0.39, 0.29) is 17.4 Å². The number of urea groups is 1. The fraction of sp³-hybridized carbons (Fsp3) is 0.846. The van der Waals surface area contributed by atoms with Crippen LogP contribution < -0.4 is 0 Å². The van der Waals surface area contributed by atoms with Crippen molar-refractivity contribution in [3.8, 4) is 0 Å². The number of carboxylic acids is 1. The van der Waals surface area contributed by atoms with Crippen LogP contribution in [0.4, 0.5) is 4.79 Å². The average molecular weight is 286 g/mol. The maximum absolute atomic E-state index is 12.5. The zero-order chi connectivity index (χ0) is 14.0. The van der Waals surface area contributed by atoms with Gasteiger partial charge in [-0.2, -0.15) is 0 Å². The third-order valence-corrected chi connectivity index (χ3v) is 5.37. The first-order valence-electron chi connectivity index (χ1n) is 6.92. The van der Waals surface area contributed by atoms with Gasteiger partial charge in [0.2, 0.25) is 0 Å². The van der Waals surface area contributed by atoms with E-state index in [0.717, 1.165) is 25.7 Å². The van der Waals surface area contributed by atoms with Crippen molar-refractivity contribution >= 4 is 23.8 Å². The first-order chi connectivity index (χ1) is 9.02.